The van der Waals surface area contributed by atoms with Crippen LogP contribution < -0.4 is 5.32 Å². The van der Waals surface area contributed by atoms with Gasteiger partial charge in [-0.15, -0.1) is 0 Å². The molecule has 2 N–H and O–H groups in total. The average molecular weight is 251 g/mol. The smallest absolute Gasteiger partial charge is 0.120 e. The molecule has 3 heteroatoms. The molecule has 0 unspecified atom stereocenters. The van der Waals surface area contributed by atoms with Gasteiger partial charge in [0, 0.05) is 23.4 Å². The Bertz CT molecular complexity index is 348. The van der Waals surface area contributed by atoms with E-state index >= 15 is 0 Å². The van der Waals surface area contributed by atoms with Gasteiger partial charge in [-0.3, -0.25) is 0 Å². The van der Waals surface area contributed by atoms with Gasteiger partial charge in [0.15, 0.2) is 0 Å². The zero-order valence-corrected chi connectivity index (χ0v) is 11.2. The Balaban J connectivity index is 1.78. The summed E-state index contributed by atoms with van der Waals surface area (Å²) in [6.45, 7) is 0.779. The summed E-state index contributed by atoms with van der Waals surface area (Å²) in [5.41, 5.74) is 1.000. The monoisotopic (exact) mass is 251 g/mol. The van der Waals surface area contributed by atoms with Gasteiger partial charge in [0.25, 0.3) is 0 Å². The van der Waals surface area contributed by atoms with Crippen molar-refractivity contribution >= 4 is 11.8 Å². The molecule has 0 amide bonds. The fourth-order valence-corrected chi connectivity index (χ4v) is 3.16. The Morgan fingerprint density at radius 2 is 1.94 bits per heavy atom. The minimum absolute atomic E-state index is 0.401. The lowest BCUT2D eigenvalue weighted by molar-refractivity contribution is 0.375. The highest BCUT2D eigenvalue weighted by Crippen LogP contribution is 2.27. The lowest BCUT2D eigenvalue weighted by Gasteiger charge is -2.28. The van der Waals surface area contributed by atoms with Gasteiger partial charge in [-0.2, -0.15) is 11.8 Å². The van der Waals surface area contributed by atoms with Crippen LogP contribution in [0.4, 0.5) is 0 Å². The quantitative estimate of drug-likeness (QED) is 0.862. The zero-order valence-electron chi connectivity index (χ0n) is 10.4. The molecule has 0 heterocycles. The molecule has 1 aromatic rings. The molecule has 1 aliphatic carbocycles. The number of phenolic OH excluding ortho intramolecular Hbond substituents is 1. The van der Waals surface area contributed by atoms with E-state index in [2.05, 4.69) is 11.6 Å². The molecule has 1 aliphatic rings. The van der Waals surface area contributed by atoms with E-state index in [1.807, 2.05) is 30.0 Å². The van der Waals surface area contributed by atoms with Gasteiger partial charge >= 0.3 is 0 Å². The first-order valence-corrected chi connectivity index (χ1v) is 7.61. The summed E-state index contributed by atoms with van der Waals surface area (Å²) in [4.78, 5) is 0. The van der Waals surface area contributed by atoms with E-state index in [0.29, 0.717) is 11.8 Å². The van der Waals surface area contributed by atoms with Crippen molar-refractivity contribution in [1.82, 2.24) is 5.32 Å². The largest absolute Gasteiger partial charge is 0.508 e. The van der Waals surface area contributed by atoms with Gasteiger partial charge in [0.05, 0.1) is 0 Å². The highest BCUT2D eigenvalue weighted by atomic mass is 32.2. The molecular formula is C14H21NOS. The normalized spacial score (nSPS) is 24.8. The minimum atomic E-state index is 0.401. The maximum absolute atomic E-state index is 9.68. The second kappa shape index (κ2) is 6.31. The standard InChI is InChI=1S/C14H21NOS/c1-17-13-8-6-12(7-9-13)15-10-11-4-2-3-5-14(11)16/h2-5,12-13,15-16H,6-10H2,1H3. The van der Waals surface area contributed by atoms with Crippen LogP contribution in [0.2, 0.25) is 0 Å². The van der Waals surface area contributed by atoms with Crippen molar-refractivity contribution in [3.63, 3.8) is 0 Å². The summed E-state index contributed by atoms with van der Waals surface area (Å²) >= 11 is 2.00. The summed E-state index contributed by atoms with van der Waals surface area (Å²) in [7, 11) is 0. The minimum Gasteiger partial charge on any atom is -0.508 e. The van der Waals surface area contributed by atoms with Gasteiger partial charge in [-0.05, 0) is 38.0 Å². The Hall–Kier alpha value is -0.670. The molecular weight excluding hydrogens is 230 g/mol. The third kappa shape index (κ3) is 3.65. The van der Waals surface area contributed by atoms with Gasteiger partial charge in [0.2, 0.25) is 0 Å². The second-order valence-electron chi connectivity index (χ2n) is 4.72. The molecule has 1 aromatic carbocycles. The number of hydrogen-bond acceptors (Lipinski definition) is 3. The number of rotatable bonds is 4. The highest BCUT2D eigenvalue weighted by Gasteiger charge is 2.19. The van der Waals surface area contributed by atoms with Crippen molar-refractivity contribution < 1.29 is 5.11 Å². The highest BCUT2D eigenvalue weighted by molar-refractivity contribution is 7.99. The summed E-state index contributed by atoms with van der Waals surface area (Å²) < 4.78 is 0. The van der Waals surface area contributed by atoms with E-state index in [-0.39, 0.29) is 0 Å². The number of aromatic hydroxyl groups is 1. The van der Waals surface area contributed by atoms with Crippen molar-refractivity contribution in [2.24, 2.45) is 0 Å². The van der Waals surface area contributed by atoms with Crippen molar-refractivity contribution in [2.45, 2.75) is 43.5 Å². The van der Waals surface area contributed by atoms with E-state index < -0.39 is 0 Å². The molecule has 0 aliphatic heterocycles. The molecule has 2 nitrogen and oxygen atoms in total. The maximum Gasteiger partial charge on any atom is 0.120 e. The maximum atomic E-state index is 9.68. The molecule has 0 bridgehead atoms. The number of para-hydroxylation sites is 1. The molecule has 1 fully saturated rings. The van der Waals surface area contributed by atoms with Gasteiger partial charge in [-0.25, -0.2) is 0 Å². The molecule has 0 atom stereocenters. The Kier molecular flexibility index (Phi) is 4.75. The van der Waals surface area contributed by atoms with E-state index in [4.69, 9.17) is 0 Å². The third-order valence-corrected chi connectivity index (χ3v) is 4.72. The summed E-state index contributed by atoms with van der Waals surface area (Å²) in [5, 5.41) is 14.1. The molecule has 0 saturated heterocycles. The number of nitrogens with one attached hydrogen (secondary N) is 1. The first-order chi connectivity index (χ1) is 8.29. The van der Waals surface area contributed by atoms with Gasteiger partial charge in [0.1, 0.15) is 5.75 Å². The van der Waals surface area contributed by atoms with Crippen LogP contribution in [0, 0.1) is 0 Å². The lowest BCUT2D eigenvalue weighted by atomic mass is 9.95. The molecule has 17 heavy (non-hydrogen) atoms. The van der Waals surface area contributed by atoms with Crippen LogP contribution in [0.3, 0.4) is 0 Å². The van der Waals surface area contributed by atoms with Crippen molar-refractivity contribution in [2.75, 3.05) is 6.26 Å². The summed E-state index contributed by atoms with van der Waals surface area (Å²) in [6, 6.07) is 8.19. The first kappa shape index (κ1) is 12.8. The second-order valence-corrected chi connectivity index (χ2v) is 5.86. The van der Waals surface area contributed by atoms with Crippen molar-refractivity contribution in [3.05, 3.63) is 29.8 Å². The molecule has 0 spiro atoms. The van der Waals surface area contributed by atoms with Gasteiger partial charge < -0.3 is 10.4 Å². The fourth-order valence-electron chi connectivity index (χ4n) is 2.42. The van der Waals surface area contributed by atoms with Gasteiger partial charge in [-0.1, -0.05) is 18.2 Å². The van der Waals surface area contributed by atoms with Crippen LogP contribution in [0.5, 0.6) is 5.75 Å². The molecule has 2 rings (SSSR count). The number of hydrogen-bond donors (Lipinski definition) is 2. The molecule has 0 radical (unpaired) electrons. The first-order valence-electron chi connectivity index (χ1n) is 6.32. The fraction of sp³-hybridized carbons (Fsp3) is 0.571. The Morgan fingerprint density at radius 1 is 1.24 bits per heavy atom. The third-order valence-electron chi connectivity index (χ3n) is 3.58. The summed E-state index contributed by atoms with van der Waals surface area (Å²) in [5.74, 6) is 0.401. The van der Waals surface area contributed by atoms with E-state index in [1.54, 1.807) is 6.07 Å². The van der Waals surface area contributed by atoms with E-state index in [1.165, 1.54) is 25.7 Å². The number of benzene rings is 1. The van der Waals surface area contributed by atoms with Crippen LogP contribution in [-0.4, -0.2) is 22.7 Å². The van der Waals surface area contributed by atoms with Crippen LogP contribution in [0.25, 0.3) is 0 Å². The number of thioether (sulfide) groups is 1. The van der Waals surface area contributed by atoms with E-state index in [9.17, 15) is 5.11 Å². The molecule has 94 valence electrons. The topological polar surface area (TPSA) is 32.3 Å². The van der Waals surface area contributed by atoms with Crippen molar-refractivity contribution in [3.8, 4) is 5.75 Å². The van der Waals surface area contributed by atoms with Crippen LogP contribution in [0.1, 0.15) is 31.2 Å². The van der Waals surface area contributed by atoms with Crippen LogP contribution in [0.15, 0.2) is 24.3 Å². The zero-order chi connectivity index (χ0) is 12.1. The van der Waals surface area contributed by atoms with Crippen LogP contribution in [-0.2, 0) is 6.54 Å². The predicted molar refractivity (Wildman–Crippen MR) is 74.5 cm³/mol. The lowest BCUT2D eigenvalue weighted by Crippen LogP contribution is -2.33. The molecule has 1 saturated carbocycles. The SMILES string of the molecule is CSC1CCC(NCc2ccccc2O)CC1. The average Bonchev–Trinajstić information content (AvgIpc) is 2.38. The Morgan fingerprint density at radius 3 is 2.59 bits per heavy atom. The predicted octanol–water partition coefficient (Wildman–Crippen LogP) is 3.16. The van der Waals surface area contributed by atoms with Crippen LogP contribution >= 0.6 is 11.8 Å². The summed E-state index contributed by atoms with van der Waals surface area (Å²) in [6.07, 6.45) is 7.37. The van der Waals surface area contributed by atoms with Crippen molar-refractivity contribution in [1.29, 1.82) is 0 Å². The number of phenols is 1. The Labute approximate surface area is 108 Å². The molecule has 0 aromatic heterocycles. The van der Waals surface area contributed by atoms with E-state index in [0.717, 1.165) is 17.4 Å².